The van der Waals surface area contributed by atoms with Gasteiger partial charge in [-0.05, 0) is 66.9 Å². The number of pyridine rings is 1. The summed E-state index contributed by atoms with van der Waals surface area (Å²) < 4.78 is 10.9. The lowest BCUT2D eigenvalue weighted by atomic mass is 9.94. The van der Waals surface area contributed by atoms with E-state index in [1.165, 1.54) is 0 Å². The summed E-state index contributed by atoms with van der Waals surface area (Å²) in [6.45, 7) is 0.232. The van der Waals surface area contributed by atoms with Crippen molar-refractivity contribution >= 4 is 22.5 Å². The second-order valence-corrected chi connectivity index (χ2v) is 7.83. The van der Waals surface area contributed by atoms with Gasteiger partial charge in [0, 0.05) is 41.7 Å². The van der Waals surface area contributed by atoms with Gasteiger partial charge in [0.1, 0.15) is 0 Å². The molecule has 1 amide bonds. The first-order valence-electron chi connectivity index (χ1n) is 9.96. The summed E-state index contributed by atoms with van der Waals surface area (Å²) in [4.78, 5) is 20.6. The molecule has 1 saturated carbocycles. The SMILES string of the molecule is O=C(Nc1ccc2[nH]c(-c3ccncc3)cc2c1)C1(c2ccc3c(c2)OCO3)CC1.[HH]. The van der Waals surface area contributed by atoms with Crippen molar-refractivity contribution in [3.63, 3.8) is 0 Å². The van der Waals surface area contributed by atoms with Crippen LogP contribution in [0.4, 0.5) is 5.69 Å². The van der Waals surface area contributed by atoms with Crippen LogP contribution in [-0.2, 0) is 10.2 Å². The lowest BCUT2D eigenvalue weighted by Gasteiger charge is -2.16. The van der Waals surface area contributed by atoms with E-state index in [-0.39, 0.29) is 14.1 Å². The number of aromatic nitrogens is 2. The number of carbonyl (C=O) groups is 1. The Morgan fingerprint density at radius 1 is 1.00 bits per heavy atom. The molecule has 3 heterocycles. The predicted octanol–water partition coefficient (Wildman–Crippen LogP) is 4.87. The highest BCUT2D eigenvalue weighted by Crippen LogP contribution is 2.51. The number of amides is 1. The van der Waals surface area contributed by atoms with E-state index in [2.05, 4.69) is 21.4 Å². The van der Waals surface area contributed by atoms with Crippen LogP contribution >= 0.6 is 0 Å². The Hall–Kier alpha value is -3.80. The summed E-state index contributed by atoms with van der Waals surface area (Å²) >= 11 is 0. The lowest BCUT2D eigenvalue weighted by Crippen LogP contribution is -2.27. The molecule has 6 nitrogen and oxygen atoms in total. The van der Waals surface area contributed by atoms with Crippen molar-refractivity contribution in [1.29, 1.82) is 0 Å². The molecule has 2 aliphatic rings. The highest BCUT2D eigenvalue weighted by molar-refractivity contribution is 6.03. The number of nitrogens with zero attached hydrogens (tertiary/aromatic N) is 1. The first-order valence-corrected chi connectivity index (χ1v) is 9.96. The molecule has 1 aliphatic carbocycles. The van der Waals surface area contributed by atoms with Crippen LogP contribution in [0.25, 0.3) is 22.2 Å². The highest BCUT2D eigenvalue weighted by atomic mass is 16.7. The number of carbonyl (C=O) groups excluding carboxylic acids is 1. The number of rotatable bonds is 4. The molecule has 0 atom stereocenters. The molecule has 0 saturated heterocycles. The molecule has 6 heteroatoms. The van der Waals surface area contributed by atoms with Gasteiger partial charge in [-0.1, -0.05) is 6.07 Å². The van der Waals surface area contributed by atoms with Gasteiger partial charge in [0.25, 0.3) is 0 Å². The fourth-order valence-corrected chi connectivity index (χ4v) is 4.11. The molecule has 1 fully saturated rings. The van der Waals surface area contributed by atoms with E-state index in [9.17, 15) is 4.79 Å². The van der Waals surface area contributed by atoms with E-state index in [4.69, 9.17) is 9.47 Å². The van der Waals surface area contributed by atoms with Crippen LogP contribution < -0.4 is 14.8 Å². The fraction of sp³-hybridized carbons (Fsp3) is 0.167. The van der Waals surface area contributed by atoms with Crippen molar-refractivity contribution in [2.75, 3.05) is 12.1 Å². The number of hydrogen-bond acceptors (Lipinski definition) is 4. The molecule has 150 valence electrons. The summed E-state index contributed by atoms with van der Waals surface area (Å²) in [5.41, 5.74) is 4.40. The molecule has 30 heavy (non-hydrogen) atoms. The maximum Gasteiger partial charge on any atom is 0.235 e. The average molecular weight is 399 g/mol. The number of ether oxygens (including phenoxy) is 2. The number of aromatic amines is 1. The first-order chi connectivity index (χ1) is 14.7. The van der Waals surface area contributed by atoms with Crippen LogP contribution in [0, 0.1) is 0 Å². The van der Waals surface area contributed by atoms with Crippen molar-refractivity contribution in [2.24, 2.45) is 0 Å². The van der Waals surface area contributed by atoms with Gasteiger partial charge >= 0.3 is 0 Å². The number of anilines is 1. The Bertz CT molecular complexity index is 1280. The van der Waals surface area contributed by atoms with Gasteiger partial charge in [-0.3, -0.25) is 9.78 Å². The molecule has 0 radical (unpaired) electrons. The summed E-state index contributed by atoms with van der Waals surface area (Å²) in [6.07, 6.45) is 5.21. The van der Waals surface area contributed by atoms with Gasteiger partial charge in [0.05, 0.1) is 5.41 Å². The zero-order chi connectivity index (χ0) is 20.1. The first kappa shape index (κ1) is 17.1. The number of hydrogen-bond donors (Lipinski definition) is 2. The van der Waals surface area contributed by atoms with Crippen molar-refractivity contribution in [3.8, 4) is 22.8 Å². The quantitative estimate of drug-likeness (QED) is 0.513. The van der Waals surface area contributed by atoms with Gasteiger partial charge in [0.15, 0.2) is 11.5 Å². The third-order valence-electron chi connectivity index (χ3n) is 5.98. The molecule has 2 N–H and O–H groups in total. The maximum absolute atomic E-state index is 13.2. The number of nitrogens with one attached hydrogen (secondary N) is 2. The standard InChI is InChI=1S/C24H19N3O3.H2/c28-23(24(7-8-24)17-1-4-21-22(13-17)30-14-29-21)26-18-2-3-19-16(11-18)12-20(27-19)15-5-9-25-10-6-15;/h1-6,9-13,27H,7-8,14H2,(H,26,28);1H. The second kappa shape index (κ2) is 6.35. The zero-order valence-electron chi connectivity index (χ0n) is 16.1. The van der Waals surface area contributed by atoms with E-state index in [1.54, 1.807) is 12.4 Å². The molecule has 0 spiro atoms. The minimum absolute atomic E-state index is 0. The van der Waals surface area contributed by atoms with Crippen LogP contribution in [0.5, 0.6) is 11.5 Å². The average Bonchev–Trinajstić information content (AvgIpc) is 3.27. The minimum atomic E-state index is -0.490. The van der Waals surface area contributed by atoms with Crippen LogP contribution in [0.1, 0.15) is 19.8 Å². The molecule has 0 unspecified atom stereocenters. The number of fused-ring (bicyclic) bond motifs is 2. The molecular weight excluding hydrogens is 378 g/mol. The molecule has 4 aromatic rings. The van der Waals surface area contributed by atoms with E-state index in [0.717, 1.165) is 52.0 Å². The molecule has 2 aromatic carbocycles. The van der Waals surface area contributed by atoms with Crippen LogP contribution in [0.3, 0.4) is 0 Å². The van der Waals surface area contributed by atoms with E-state index in [0.29, 0.717) is 5.75 Å². The maximum atomic E-state index is 13.2. The third-order valence-corrected chi connectivity index (χ3v) is 5.98. The summed E-state index contributed by atoms with van der Waals surface area (Å²) in [5.74, 6) is 1.47. The Morgan fingerprint density at radius 2 is 1.83 bits per heavy atom. The van der Waals surface area contributed by atoms with Gasteiger partial charge < -0.3 is 19.8 Å². The largest absolute Gasteiger partial charge is 0.454 e. The molecule has 6 rings (SSSR count). The number of H-pyrrole nitrogens is 1. The fourth-order valence-electron chi connectivity index (χ4n) is 4.11. The van der Waals surface area contributed by atoms with E-state index < -0.39 is 5.41 Å². The minimum Gasteiger partial charge on any atom is -0.454 e. The Labute approximate surface area is 174 Å². The topological polar surface area (TPSA) is 76.2 Å². The number of benzene rings is 2. The van der Waals surface area contributed by atoms with Crippen LogP contribution in [0.15, 0.2) is 67.0 Å². The normalized spacial score (nSPS) is 15.9. The lowest BCUT2D eigenvalue weighted by molar-refractivity contribution is -0.118. The Kier molecular flexibility index (Phi) is 3.62. The summed E-state index contributed by atoms with van der Waals surface area (Å²) in [6, 6.07) is 17.7. The summed E-state index contributed by atoms with van der Waals surface area (Å²) in [5, 5.41) is 4.17. The molecule has 0 bridgehead atoms. The smallest absolute Gasteiger partial charge is 0.235 e. The van der Waals surface area contributed by atoms with Crippen molar-refractivity contribution in [1.82, 2.24) is 9.97 Å². The van der Waals surface area contributed by atoms with Crippen molar-refractivity contribution < 1.29 is 15.7 Å². The summed E-state index contributed by atoms with van der Waals surface area (Å²) in [7, 11) is 0. The highest BCUT2D eigenvalue weighted by Gasteiger charge is 2.51. The third kappa shape index (κ3) is 2.72. The Balaban J connectivity index is 0.00000204. The molecule has 2 aromatic heterocycles. The predicted molar refractivity (Wildman–Crippen MR) is 116 cm³/mol. The van der Waals surface area contributed by atoms with Gasteiger partial charge in [-0.25, -0.2) is 0 Å². The van der Waals surface area contributed by atoms with Gasteiger partial charge in [0.2, 0.25) is 12.7 Å². The van der Waals surface area contributed by atoms with E-state index >= 15 is 0 Å². The molecular formula is C24H21N3O3. The monoisotopic (exact) mass is 399 g/mol. The van der Waals surface area contributed by atoms with Crippen molar-refractivity contribution in [2.45, 2.75) is 18.3 Å². The van der Waals surface area contributed by atoms with Gasteiger partial charge in [-0.2, -0.15) is 0 Å². The second-order valence-electron chi connectivity index (χ2n) is 7.83. The molecule has 1 aliphatic heterocycles. The van der Waals surface area contributed by atoms with Crippen LogP contribution in [0.2, 0.25) is 0 Å². The van der Waals surface area contributed by atoms with Crippen molar-refractivity contribution in [3.05, 3.63) is 72.6 Å². The van der Waals surface area contributed by atoms with Gasteiger partial charge in [-0.15, -0.1) is 0 Å². The Morgan fingerprint density at radius 3 is 2.67 bits per heavy atom. The zero-order valence-corrected chi connectivity index (χ0v) is 16.1. The van der Waals surface area contributed by atoms with Crippen LogP contribution in [-0.4, -0.2) is 22.7 Å². The van der Waals surface area contributed by atoms with E-state index in [1.807, 2.05) is 48.5 Å².